The minimum Gasteiger partial charge on any atom is -0.493 e. The minimum absolute atomic E-state index is 0.0445. The van der Waals surface area contributed by atoms with Gasteiger partial charge in [-0.1, -0.05) is 30.3 Å². The predicted molar refractivity (Wildman–Crippen MR) is 123 cm³/mol. The van der Waals surface area contributed by atoms with Crippen LogP contribution in [0, 0.1) is 10.1 Å². The van der Waals surface area contributed by atoms with Crippen LogP contribution in [0.25, 0.3) is 0 Å². The van der Waals surface area contributed by atoms with Crippen LogP contribution in [0.15, 0.2) is 54.6 Å². The fraction of sp³-hybridized carbons (Fsp3) is 0.208. The zero-order chi connectivity index (χ0) is 25.5. The quantitative estimate of drug-likeness (QED) is 0.314. The largest absolute Gasteiger partial charge is 0.493 e. The molecule has 3 aromatic carbocycles. The Hall–Kier alpha value is -4.41. The molecule has 0 atom stereocenters. The van der Waals surface area contributed by atoms with Gasteiger partial charge in [-0.25, -0.2) is 0 Å². The summed E-state index contributed by atoms with van der Waals surface area (Å²) in [4.78, 5) is 24.1. The summed E-state index contributed by atoms with van der Waals surface area (Å²) in [7, 11) is 3.78. The molecule has 0 radical (unpaired) electrons. The number of nitrogens with one attached hydrogen (secondary N) is 1. The number of hydrogen-bond donors (Lipinski definition) is 1. The molecule has 0 bridgehead atoms. The van der Waals surface area contributed by atoms with E-state index in [-0.39, 0.29) is 40.7 Å². The fourth-order valence-electron chi connectivity index (χ4n) is 3.52. The van der Waals surface area contributed by atoms with Gasteiger partial charge in [-0.15, -0.1) is 0 Å². The monoisotopic (exact) mass is 488 g/mol. The lowest BCUT2D eigenvalue weighted by atomic mass is 10.0. The molecule has 3 aromatic rings. The number of halogens is 2. The van der Waals surface area contributed by atoms with Crippen molar-refractivity contribution in [3.05, 3.63) is 81.4 Å². The maximum atomic E-state index is 13.1. The first kappa shape index (κ1) is 25.2. The van der Waals surface area contributed by atoms with Crippen molar-refractivity contribution in [1.29, 1.82) is 0 Å². The summed E-state index contributed by atoms with van der Waals surface area (Å²) in [6.45, 7) is -3.04. The SMILES string of the molecule is COc1cc(C(=O)Nc2ccc(OC(F)F)c(Cc3ccccc3)c2)c([N+](=O)[O-])c(OC)c1OC. The molecule has 0 aliphatic carbocycles. The van der Waals surface area contributed by atoms with Crippen LogP contribution < -0.4 is 24.3 Å². The number of alkyl halides is 2. The first-order valence-electron chi connectivity index (χ1n) is 10.2. The van der Waals surface area contributed by atoms with Crippen molar-refractivity contribution in [2.24, 2.45) is 0 Å². The second-order valence-electron chi connectivity index (χ2n) is 7.12. The van der Waals surface area contributed by atoms with Crippen LogP contribution >= 0.6 is 0 Å². The second-order valence-corrected chi connectivity index (χ2v) is 7.12. The molecule has 0 unspecified atom stereocenters. The number of carbonyl (C=O) groups is 1. The number of rotatable bonds is 10. The molecule has 0 aromatic heterocycles. The van der Waals surface area contributed by atoms with E-state index in [9.17, 15) is 23.7 Å². The zero-order valence-electron chi connectivity index (χ0n) is 19.0. The highest BCUT2D eigenvalue weighted by Crippen LogP contribution is 2.46. The van der Waals surface area contributed by atoms with Crippen LogP contribution in [0.4, 0.5) is 20.2 Å². The predicted octanol–water partition coefficient (Wildman–Crippen LogP) is 5.07. The summed E-state index contributed by atoms with van der Waals surface area (Å²) in [6, 6.07) is 14.3. The lowest BCUT2D eigenvalue weighted by molar-refractivity contribution is -0.386. The summed E-state index contributed by atoms with van der Waals surface area (Å²) in [5.74, 6) is -1.18. The smallest absolute Gasteiger partial charge is 0.387 e. The molecule has 184 valence electrons. The number of ether oxygens (including phenoxy) is 4. The van der Waals surface area contributed by atoms with Gasteiger partial charge in [0.2, 0.25) is 11.5 Å². The first-order chi connectivity index (χ1) is 16.8. The average molecular weight is 488 g/mol. The Bertz CT molecular complexity index is 1220. The van der Waals surface area contributed by atoms with E-state index >= 15 is 0 Å². The Kier molecular flexibility index (Phi) is 8.03. The molecule has 0 saturated carbocycles. The molecule has 9 nitrogen and oxygen atoms in total. The Morgan fingerprint density at radius 3 is 2.23 bits per heavy atom. The van der Waals surface area contributed by atoms with Crippen molar-refractivity contribution in [3.63, 3.8) is 0 Å². The van der Waals surface area contributed by atoms with Gasteiger partial charge in [-0.05, 0) is 23.8 Å². The molecular weight excluding hydrogens is 466 g/mol. The van der Waals surface area contributed by atoms with Gasteiger partial charge < -0.3 is 24.3 Å². The van der Waals surface area contributed by atoms with Gasteiger partial charge in [0.25, 0.3) is 5.91 Å². The summed E-state index contributed by atoms with van der Waals surface area (Å²) < 4.78 is 45.9. The van der Waals surface area contributed by atoms with Crippen molar-refractivity contribution in [3.8, 4) is 23.0 Å². The van der Waals surface area contributed by atoms with Gasteiger partial charge in [0, 0.05) is 23.7 Å². The standard InChI is InChI=1S/C24H22F2N2O7/c1-32-19-13-17(20(28(30)31)22(34-3)21(19)33-2)23(29)27-16-9-10-18(35-24(25)26)15(12-16)11-14-7-5-4-6-8-14/h4-10,12-13,24H,11H2,1-3H3,(H,27,29). The fourth-order valence-corrected chi connectivity index (χ4v) is 3.52. The zero-order valence-corrected chi connectivity index (χ0v) is 19.0. The average Bonchev–Trinajstić information content (AvgIpc) is 2.84. The van der Waals surface area contributed by atoms with Gasteiger partial charge in [0.1, 0.15) is 11.3 Å². The molecule has 0 aliphatic heterocycles. The van der Waals surface area contributed by atoms with Gasteiger partial charge in [-0.2, -0.15) is 8.78 Å². The van der Waals surface area contributed by atoms with E-state index in [0.29, 0.717) is 5.56 Å². The van der Waals surface area contributed by atoms with Gasteiger partial charge in [-0.3, -0.25) is 14.9 Å². The Balaban J connectivity index is 2.02. The Morgan fingerprint density at radius 1 is 0.971 bits per heavy atom. The topological polar surface area (TPSA) is 109 Å². The van der Waals surface area contributed by atoms with E-state index < -0.39 is 23.1 Å². The highest BCUT2D eigenvalue weighted by molar-refractivity contribution is 6.08. The van der Waals surface area contributed by atoms with E-state index in [1.54, 1.807) is 12.1 Å². The third-order valence-electron chi connectivity index (χ3n) is 5.00. The summed E-state index contributed by atoms with van der Waals surface area (Å²) in [5.41, 5.74) is 0.460. The van der Waals surface area contributed by atoms with Crippen molar-refractivity contribution >= 4 is 17.3 Å². The number of nitro groups is 1. The van der Waals surface area contributed by atoms with Crippen molar-refractivity contribution in [1.82, 2.24) is 0 Å². The lowest BCUT2D eigenvalue weighted by Gasteiger charge is -2.16. The summed E-state index contributed by atoms with van der Waals surface area (Å²) >= 11 is 0. The highest BCUT2D eigenvalue weighted by atomic mass is 19.3. The molecular formula is C24H22F2N2O7. The number of methoxy groups -OCH3 is 3. The van der Waals surface area contributed by atoms with Gasteiger partial charge in [0.15, 0.2) is 5.75 Å². The maximum Gasteiger partial charge on any atom is 0.387 e. The van der Waals surface area contributed by atoms with E-state index in [2.05, 4.69) is 10.1 Å². The summed E-state index contributed by atoms with van der Waals surface area (Å²) in [5, 5.41) is 14.4. The van der Waals surface area contributed by atoms with Crippen LogP contribution in [-0.2, 0) is 6.42 Å². The lowest BCUT2D eigenvalue weighted by Crippen LogP contribution is -2.16. The van der Waals surface area contributed by atoms with Gasteiger partial charge >= 0.3 is 12.3 Å². The molecule has 0 spiro atoms. The summed E-state index contributed by atoms with van der Waals surface area (Å²) in [6.07, 6.45) is 0.247. The molecule has 3 rings (SSSR count). The third kappa shape index (κ3) is 5.75. The van der Waals surface area contributed by atoms with Crippen molar-refractivity contribution in [2.75, 3.05) is 26.6 Å². The van der Waals surface area contributed by atoms with Crippen molar-refractivity contribution < 1.29 is 37.4 Å². The van der Waals surface area contributed by atoms with Crippen LogP contribution in [0.1, 0.15) is 21.5 Å². The third-order valence-corrected chi connectivity index (χ3v) is 5.00. The Labute approximate surface area is 199 Å². The molecule has 11 heteroatoms. The molecule has 0 aliphatic rings. The number of amides is 1. The highest BCUT2D eigenvalue weighted by Gasteiger charge is 2.32. The van der Waals surface area contributed by atoms with Gasteiger partial charge in [0.05, 0.1) is 26.3 Å². The van der Waals surface area contributed by atoms with E-state index in [4.69, 9.17) is 14.2 Å². The number of benzene rings is 3. The first-order valence-corrected chi connectivity index (χ1v) is 10.2. The van der Waals surface area contributed by atoms with Crippen LogP contribution in [-0.4, -0.2) is 38.8 Å². The second kappa shape index (κ2) is 11.1. The van der Waals surface area contributed by atoms with Crippen LogP contribution in [0.2, 0.25) is 0 Å². The molecule has 0 fully saturated rings. The van der Waals surface area contributed by atoms with Crippen molar-refractivity contribution in [2.45, 2.75) is 13.0 Å². The molecule has 0 heterocycles. The molecule has 0 saturated heterocycles. The number of nitrogens with zero attached hydrogens (tertiary/aromatic N) is 1. The van der Waals surface area contributed by atoms with Crippen LogP contribution in [0.3, 0.4) is 0 Å². The van der Waals surface area contributed by atoms with E-state index in [1.807, 2.05) is 18.2 Å². The van der Waals surface area contributed by atoms with E-state index in [1.165, 1.54) is 39.5 Å². The molecule has 1 amide bonds. The number of anilines is 1. The number of carbonyl (C=O) groups excluding carboxylic acids is 1. The minimum atomic E-state index is -3.04. The number of hydrogen-bond acceptors (Lipinski definition) is 7. The maximum absolute atomic E-state index is 13.1. The number of nitro benzene ring substituents is 1. The van der Waals surface area contributed by atoms with E-state index in [0.717, 1.165) is 11.6 Å². The molecule has 1 N–H and O–H groups in total. The van der Waals surface area contributed by atoms with Crippen LogP contribution in [0.5, 0.6) is 23.0 Å². The molecule has 35 heavy (non-hydrogen) atoms. The normalized spacial score (nSPS) is 10.6. The Morgan fingerprint density at radius 2 is 1.66 bits per heavy atom.